The Kier molecular flexibility index (Phi) is 3.85. The number of nitrogens with two attached hydrogens (primary N) is 1. The molecular weight excluding hydrogens is 220 g/mol. The summed E-state index contributed by atoms with van der Waals surface area (Å²) in [6.45, 7) is 2.70. The van der Waals surface area contributed by atoms with E-state index in [1.54, 1.807) is 44.2 Å². The van der Waals surface area contributed by atoms with Crippen molar-refractivity contribution in [3.8, 4) is 0 Å². The molecule has 5 nitrogen and oxygen atoms in total. The van der Waals surface area contributed by atoms with Gasteiger partial charge in [0.2, 0.25) is 5.91 Å². The van der Waals surface area contributed by atoms with Crippen LogP contribution in [0.5, 0.6) is 0 Å². The summed E-state index contributed by atoms with van der Waals surface area (Å²) in [5, 5.41) is 8.83. The maximum absolute atomic E-state index is 12.0. The standard InChI is InChI=1S/C12H16N2O3/c1-12(2,13)11(17)14(8-10(15)16)9-6-4-3-5-7-9/h3-7H,8,13H2,1-2H3,(H,15,16). The number of carbonyl (C=O) groups excluding carboxylic acids is 1. The van der Waals surface area contributed by atoms with Crippen molar-refractivity contribution in [2.75, 3.05) is 11.4 Å². The third-order valence-corrected chi connectivity index (χ3v) is 2.16. The van der Waals surface area contributed by atoms with Gasteiger partial charge in [-0.2, -0.15) is 0 Å². The summed E-state index contributed by atoms with van der Waals surface area (Å²) in [4.78, 5) is 24.0. The zero-order valence-electron chi connectivity index (χ0n) is 9.88. The molecule has 0 heterocycles. The van der Waals surface area contributed by atoms with E-state index in [0.717, 1.165) is 0 Å². The molecule has 0 unspecified atom stereocenters. The number of hydrogen-bond donors (Lipinski definition) is 2. The van der Waals surface area contributed by atoms with E-state index in [1.165, 1.54) is 4.90 Å². The lowest BCUT2D eigenvalue weighted by molar-refractivity contribution is -0.137. The molecule has 0 saturated heterocycles. The van der Waals surface area contributed by atoms with E-state index in [1.807, 2.05) is 0 Å². The molecule has 1 aromatic rings. The fourth-order valence-corrected chi connectivity index (χ4v) is 1.37. The van der Waals surface area contributed by atoms with Crippen LogP contribution in [-0.2, 0) is 9.59 Å². The van der Waals surface area contributed by atoms with E-state index in [9.17, 15) is 9.59 Å². The van der Waals surface area contributed by atoms with Crippen LogP contribution in [-0.4, -0.2) is 29.1 Å². The highest BCUT2D eigenvalue weighted by Gasteiger charge is 2.29. The van der Waals surface area contributed by atoms with Gasteiger partial charge in [-0.25, -0.2) is 0 Å². The highest BCUT2D eigenvalue weighted by atomic mass is 16.4. The number of hydrogen-bond acceptors (Lipinski definition) is 3. The number of aliphatic carboxylic acids is 1. The van der Waals surface area contributed by atoms with Crippen LogP contribution in [0.1, 0.15) is 13.8 Å². The highest BCUT2D eigenvalue weighted by molar-refractivity contribution is 6.02. The molecule has 1 amide bonds. The van der Waals surface area contributed by atoms with Crippen molar-refractivity contribution in [2.24, 2.45) is 5.73 Å². The van der Waals surface area contributed by atoms with Crippen molar-refractivity contribution in [3.63, 3.8) is 0 Å². The summed E-state index contributed by atoms with van der Waals surface area (Å²) in [5.41, 5.74) is 5.13. The van der Waals surface area contributed by atoms with Crippen LogP contribution >= 0.6 is 0 Å². The van der Waals surface area contributed by atoms with Gasteiger partial charge in [0.25, 0.3) is 0 Å². The molecule has 5 heteroatoms. The topological polar surface area (TPSA) is 83.6 Å². The number of para-hydroxylation sites is 1. The molecule has 0 spiro atoms. The van der Waals surface area contributed by atoms with Gasteiger partial charge in [-0.05, 0) is 26.0 Å². The average Bonchev–Trinajstić information content (AvgIpc) is 2.24. The summed E-state index contributed by atoms with van der Waals surface area (Å²) in [5.74, 6) is -1.50. The molecular formula is C12H16N2O3. The lowest BCUT2D eigenvalue weighted by Crippen LogP contribution is -2.52. The molecule has 0 saturated carbocycles. The van der Waals surface area contributed by atoms with E-state index in [4.69, 9.17) is 10.8 Å². The minimum Gasteiger partial charge on any atom is -0.480 e. The Bertz CT molecular complexity index is 410. The first-order valence-corrected chi connectivity index (χ1v) is 5.20. The summed E-state index contributed by atoms with van der Waals surface area (Å²) in [6, 6.07) is 8.61. The van der Waals surface area contributed by atoms with Gasteiger partial charge in [-0.15, -0.1) is 0 Å². The van der Waals surface area contributed by atoms with Crippen LogP contribution in [0.2, 0.25) is 0 Å². The van der Waals surface area contributed by atoms with Crippen molar-refractivity contribution >= 4 is 17.6 Å². The smallest absolute Gasteiger partial charge is 0.323 e. The first kappa shape index (κ1) is 13.2. The normalized spacial score (nSPS) is 11.0. The van der Waals surface area contributed by atoms with Crippen molar-refractivity contribution in [1.29, 1.82) is 0 Å². The fourth-order valence-electron chi connectivity index (χ4n) is 1.37. The average molecular weight is 236 g/mol. The lowest BCUT2D eigenvalue weighted by Gasteiger charge is -2.28. The summed E-state index contributed by atoms with van der Waals surface area (Å²) >= 11 is 0. The van der Waals surface area contributed by atoms with Gasteiger partial charge in [-0.1, -0.05) is 18.2 Å². The summed E-state index contributed by atoms with van der Waals surface area (Å²) < 4.78 is 0. The van der Waals surface area contributed by atoms with Gasteiger partial charge in [-0.3, -0.25) is 14.5 Å². The van der Waals surface area contributed by atoms with Crippen molar-refractivity contribution in [2.45, 2.75) is 19.4 Å². The van der Waals surface area contributed by atoms with Crippen LogP contribution in [0.15, 0.2) is 30.3 Å². The second kappa shape index (κ2) is 4.97. The van der Waals surface area contributed by atoms with Gasteiger partial charge >= 0.3 is 5.97 Å². The number of carboxylic acids is 1. The molecule has 0 aliphatic heterocycles. The van der Waals surface area contributed by atoms with E-state index < -0.39 is 24.0 Å². The molecule has 0 radical (unpaired) electrons. The number of carbonyl (C=O) groups is 2. The summed E-state index contributed by atoms with van der Waals surface area (Å²) in [7, 11) is 0. The number of nitrogens with zero attached hydrogens (tertiary/aromatic N) is 1. The van der Waals surface area contributed by atoms with Crippen LogP contribution in [0.3, 0.4) is 0 Å². The van der Waals surface area contributed by atoms with Crippen LogP contribution < -0.4 is 10.6 Å². The van der Waals surface area contributed by atoms with Gasteiger partial charge in [0, 0.05) is 5.69 Å². The predicted molar refractivity (Wildman–Crippen MR) is 64.7 cm³/mol. The van der Waals surface area contributed by atoms with E-state index in [0.29, 0.717) is 5.69 Å². The quantitative estimate of drug-likeness (QED) is 0.811. The van der Waals surface area contributed by atoms with Crippen LogP contribution in [0.25, 0.3) is 0 Å². The van der Waals surface area contributed by atoms with Crippen molar-refractivity contribution < 1.29 is 14.7 Å². The van der Waals surface area contributed by atoms with Gasteiger partial charge in [0.15, 0.2) is 0 Å². The minimum atomic E-state index is -1.11. The number of carboxylic acid groups (broad SMARTS) is 1. The molecule has 0 aromatic heterocycles. The highest BCUT2D eigenvalue weighted by Crippen LogP contribution is 2.16. The maximum Gasteiger partial charge on any atom is 0.323 e. The Labute approximate surface area is 99.8 Å². The molecule has 0 aliphatic rings. The van der Waals surface area contributed by atoms with E-state index >= 15 is 0 Å². The Morgan fingerprint density at radius 2 is 1.82 bits per heavy atom. The SMILES string of the molecule is CC(C)(N)C(=O)N(CC(=O)O)c1ccccc1. The zero-order valence-corrected chi connectivity index (χ0v) is 9.88. The van der Waals surface area contributed by atoms with Crippen LogP contribution in [0, 0.1) is 0 Å². The number of rotatable bonds is 4. The first-order chi connectivity index (χ1) is 7.82. The summed E-state index contributed by atoms with van der Waals surface area (Å²) in [6.07, 6.45) is 0. The second-order valence-corrected chi connectivity index (χ2v) is 4.34. The Morgan fingerprint density at radius 3 is 2.24 bits per heavy atom. The molecule has 92 valence electrons. The number of anilines is 1. The van der Waals surface area contributed by atoms with Crippen LogP contribution in [0.4, 0.5) is 5.69 Å². The Hall–Kier alpha value is -1.88. The third kappa shape index (κ3) is 3.57. The largest absolute Gasteiger partial charge is 0.480 e. The molecule has 0 aliphatic carbocycles. The van der Waals surface area contributed by atoms with Gasteiger partial charge in [0.1, 0.15) is 6.54 Å². The first-order valence-electron chi connectivity index (χ1n) is 5.20. The monoisotopic (exact) mass is 236 g/mol. The molecule has 1 rings (SSSR count). The Morgan fingerprint density at radius 1 is 1.29 bits per heavy atom. The van der Waals surface area contributed by atoms with E-state index in [-0.39, 0.29) is 0 Å². The number of benzene rings is 1. The number of amides is 1. The zero-order chi connectivity index (χ0) is 13.1. The molecule has 0 fully saturated rings. The van der Waals surface area contributed by atoms with Crippen molar-refractivity contribution in [3.05, 3.63) is 30.3 Å². The molecule has 17 heavy (non-hydrogen) atoms. The third-order valence-electron chi connectivity index (χ3n) is 2.16. The minimum absolute atomic E-state index is 0.399. The van der Waals surface area contributed by atoms with Crippen molar-refractivity contribution in [1.82, 2.24) is 0 Å². The molecule has 0 bridgehead atoms. The molecule has 1 aromatic carbocycles. The van der Waals surface area contributed by atoms with Gasteiger partial charge < -0.3 is 10.8 Å². The fraction of sp³-hybridized carbons (Fsp3) is 0.333. The Balaban J connectivity index is 3.05. The molecule has 0 atom stereocenters. The molecule has 3 N–H and O–H groups in total. The predicted octanol–water partition coefficient (Wildman–Crippen LogP) is 0.842. The second-order valence-electron chi connectivity index (χ2n) is 4.34. The van der Waals surface area contributed by atoms with Gasteiger partial charge in [0.05, 0.1) is 5.54 Å². The van der Waals surface area contributed by atoms with E-state index in [2.05, 4.69) is 0 Å². The maximum atomic E-state index is 12.0. The lowest BCUT2D eigenvalue weighted by atomic mass is 10.0.